The first-order chi connectivity index (χ1) is 8.25. The summed E-state index contributed by atoms with van der Waals surface area (Å²) in [6.07, 6.45) is 0. The highest BCUT2D eigenvalue weighted by molar-refractivity contribution is 5.86. The summed E-state index contributed by atoms with van der Waals surface area (Å²) in [7, 11) is 1.99. The molecule has 17 heavy (non-hydrogen) atoms. The number of hydrogen-bond acceptors (Lipinski definition) is 2. The summed E-state index contributed by atoms with van der Waals surface area (Å²) in [4.78, 5) is 0. The maximum absolute atomic E-state index is 4.21. The van der Waals surface area contributed by atoms with Crippen LogP contribution < -0.4 is 0 Å². The van der Waals surface area contributed by atoms with Crippen molar-refractivity contribution in [2.45, 2.75) is 6.92 Å². The highest BCUT2D eigenvalue weighted by Crippen LogP contribution is 2.22. The minimum Gasteiger partial charge on any atom is -0.314 e. The van der Waals surface area contributed by atoms with Gasteiger partial charge in [0, 0.05) is 12.6 Å². The van der Waals surface area contributed by atoms with Crippen molar-refractivity contribution in [3.8, 4) is 11.4 Å². The Morgan fingerprint density at radius 3 is 2.41 bits per heavy atom. The summed E-state index contributed by atoms with van der Waals surface area (Å²) in [6, 6.07) is 14.7. The van der Waals surface area contributed by atoms with Crippen LogP contribution in [0.2, 0.25) is 0 Å². The second-order valence-electron chi connectivity index (χ2n) is 4.19. The minimum absolute atomic E-state index is 0.910. The minimum atomic E-state index is 0.910. The smallest absolute Gasteiger partial charge is 0.163 e. The van der Waals surface area contributed by atoms with Gasteiger partial charge in [-0.2, -0.15) is 0 Å². The van der Waals surface area contributed by atoms with Crippen LogP contribution in [0.1, 0.15) is 5.82 Å². The standard InChI is InChI=1S/C14H13N3/c1-10-15-16-14(17(10)2)13-8-7-11-5-3-4-6-12(11)9-13/h3-9H,1-2H3. The van der Waals surface area contributed by atoms with Crippen LogP contribution in [-0.4, -0.2) is 14.8 Å². The van der Waals surface area contributed by atoms with E-state index >= 15 is 0 Å². The molecule has 2 aromatic carbocycles. The van der Waals surface area contributed by atoms with Crippen LogP contribution in [0.15, 0.2) is 42.5 Å². The third-order valence-electron chi connectivity index (χ3n) is 3.10. The van der Waals surface area contributed by atoms with Gasteiger partial charge >= 0.3 is 0 Å². The van der Waals surface area contributed by atoms with E-state index in [1.165, 1.54) is 10.8 Å². The number of rotatable bonds is 1. The second kappa shape index (κ2) is 3.70. The molecular formula is C14H13N3. The van der Waals surface area contributed by atoms with Gasteiger partial charge in [0.2, 0.25) is 0 Å². The molecule has 0 atom stereocenters. The quantitative estimate of drug-likeness (QED) is 0.635. The summed E-state index contributed by atoms with van der Waals surface area (Å²) in [5, 5.41) is 10.8. The molecule has 0 aliphatic heterocycles. The average molecular weight is 223 g/mol. The van der Waals surface area contributed by atoms with Crippen LogP contribution in [0.25, 0.3) is 22.2 Å². The molecule has 0 fully saturated rings. The Bertz CT molecular complexity index is 683. The third kappa shape index (κ3) is 1.60. The molecule has 0 saturated carbocycles. The van der Waals surface area contributed by atoms with Gasteiger partial charge in [-0.25, -0.2) is 0 Å². The van der Waals surface area contributed by atoms with Crippen molar-refractivity contribution in [3.05, 3.63) is 48.3 Å². The maximum atomic E-state index is 4.21. The lowest BCUT2D eigenvalue weighted by Crippen LogP contribution is -1.94. The zero-order valence-electron chi connectivity index (χ0n) is 9.88. The maximum Gasteiger partial charge on any atom is 0.163 e. The lowest BCUT2D eigenvalue weighted by atomic mass is 10.1. The zero-order chi connectivity index (χ0) is 11.8. The summed E-state index contributed by atoms with van der Waals surface area (Å²) in [5.41, 5.74) is 1.10. The molecular weight excluding hydrogens is 210 g/mol. The van der Waals surface area contributed by atoms with E-state index < -0.39 is 0 Å². The molecule has 1 aromatic heterocycles. The Kier molecular flexibility index (Phi) is 2.18. The number of fused-ring (bicyclic) bond motifs is 1. The molecule has 3 heteroatoms. The molecule has 0 aliphatic carbocycles. The molecule has 0 bridgehead atoms. The second-order valence-corrected chi connectivity index (χ2v) is 4.19. The van der Waals surface area contributed by atoms with Crippen molar-refractivity contribution in [2.24, 2.45) is 7.05 Å². The molecule has 0 spiro atoms. The van der Waals surface area contributed by atoms with E-state index in [0.29, 0.717) is 0 Å². The molecule has 1 heterocycles. The Hall–Kier alpha value is -2.16. The van der Waals surface area contributed by atoms with E-state index in [0.717, 1.165) is 17.2 Å². The summed E-state index contributed by atoms with van der Waals surface area (Å²) >= 11 is 0. The van der Waals surface area contributed by atoms with E-state index in [1.54, 1.807) is 0 Å². The van der Waals surface area contributed by atoms with Gasteiger partial charge in [0.1, 0.15) is 5.82 Å². The highest BCUT2D eigenvalue weighted by atomic mass is 15.3. The first kappa shape index (κ1) is 10.0. The number of benzene rings is 2. The topological polar surface area (TPSA) is 30.7 Å². The summed E-state index contributed by atoms with van der Waals surface area (Å²) < 4.78 is 2.00. The van der Waals surface area contributed by atoms with Gasteiger partial charge < -0.3 is 4.57 Å². The number of hydrogen-bond donors (Lipinski definition) is 0. The van der Waals surface area contributed by atoms with Crippen LogP contribution in [-0.2, 0) is 7.05 Å². The number of aryl methyl sites for hydroxylation is 1. The first-order valence-electron chi connectivity index (χ1n) is 5.61. The van der Waals surface area contributed by atoms with E-state index in [1.807, 2.05) is 24.6 Å². The van der Waals surface area contributed by atoms with Crippen molar-refractivity contribution >= 4 is 10.8 Å². The Morgan fingerprint density at radius 2 is 1.71 bits per heavy atom. The van der Waals surface area contributed by atoms with E-state index in [9.17, 15) is 0 Å². The largest absolute Gasteiger partial charge is 0.314 e. The molecule has 0 unspecified atom stereocenters. The molecule has 3 aromatic rings. The average Bonchev–Trinajstić information content (AvgIpc) is 2.70. The molecule has 3 nitrogen and oxygen atoms in total. The van der Waals surface area contributed by atoms with Crippen LogP contribution in [0.3, 0.4) is 0 Å². The number of nitrogens with zero attached hydrogens (tertiary/aromatic N) is 3. The summed E-state index contributed by atoms with van der Waals surface area (Å²) in [5.74, 6) is 1.83. The van der Waals surface area contributed by atoms with E-state index in [4.69, 9.17) is 0 Å². The van der Waals surface area contributed by atoms with Crippen molar-refractivity contribution in [2.75, 3.05) is 0 Å². The van der Waals surface area contributed by atoms with Gasteiger partial charge in [-0.3, -0.25) is 0 Å². The SMILES string of the molecule is Cc1nnc(-c2ccc3ccccc3c2)n1C. The molecule has 0 amide bonds. The molecule has 84 valence electrons. The fraction of sp³-hybridized carbons (Fsp3) is 0.143. The van der Waals surface area contributed by atoms with Gasteiger partial charge in [0.25, 0.3) is 0 Å². The van der Waals surface area contributed by atoms with Gasteiger partial charge in [0.05, 0.1) is 0 Å². The lowest BCUT2D eigenvalue weighted by molar-refractivity contribution is 0.865. The highest BCUT2D eigenvalue weighted by Gasteiger charge is 2.07. The van der Waals surface area contributed by atoms with Gasteiger partial charge in [-0.15, -0.1) is 10.2 Å². The predicted octanol–water partition coefficient (Wildman–Crippen LogP) is 2.94. The predicted molar refractivity (Wildman–Crippen MR) is 68.7 cm³/mol. The Balaban J connectivity index is 2.21. The van der Waals surface area contributed by atoms with Crippen molar-refractivity contribution < 1.29 is 0 Å². The Morgan fingerprint density at radius 1 is 0.941 bits per heavy atom. The van der Waals surface area contributed by atoms with Crippen molar-refractivity contribution in [1.82, 2.24) is 14.8 Å². The van der Waals surface area contributed by atoms with Crippen LogP contribution in [0.4, 0.5) is 0 Å². The van der Waals surface area contributed by atoms with Crippen LogP contribution in [0, 0.1) is 6.92 Å². The first-order valence-corrected chi connectivity index (χ1v) is 5.61. The monoisotopic (exact) mass is 223 g/mol. The fourth-order valence-electron chi connectivity index (χ4n) is 1.99. The molecule has 3 rings (SSSR count). The number of aromatic nitrogens is 3. The van der Waals surface area contributed by atoms with Crippen molar-refractivity contribution in [1.29, 1.82) is 0 Å². The van der Waals surface area contributed by atoms with Crippen LogP contribution >= 0.6 is 0 Å². The van der Waals surface area contributed by atoms with Gasteiger partial charge in [0.15, 0.2) is 5.82 Å². The normalized spacial score (nSPS) is 10.9. The zero-order valence-corrected chi connectivity index (χ0v) is 9.88. The van der Waals surface area contributed by atoms with Gasteiger partial charge in [-0.1, -0.05) is 36.4 Å². The Labute approximate surface area is 99.7 Å². The van der Waals surface area contributed by atoms with Crippen molar-refractivity contribution in [3.63, 3.8) is 0 Å². The fourth-order valence-corrected chi connectivity index (χ4v) is 1.99. The van der Waals surface area contributed by atoms with Crippen LogP contribution in [0.5, 0.6) is 0 Å². The molecule has 0 N–H and O–H groups in total. The van der Waals surface area contributed by atoms with Gasteiger partial charge in [-0.05, 0) is 23.8 Å². The van der Waals surface area contributed by atoms with E-state index in [2.05, 4.69) is 46.6 Å². The molecule has 0 radical (unpaired) electrons. The lowest BCUT2D eigenvalue weighted by Gasteiger charge is -2.03. The summed E-state index contributed by atoms with van der Waals surface area (Å²) in [6.45, 7) is 1.96. The molecule has 0 aliphatic rings. The molecule has 0 saturated heterocycles. The third-order valence-corrected chi connectivity index (χ3v) is 3.10. The van der Waals surface area contributed by atoms with E-state index in [-0.39, 0.29) is 0 Å².